The number of rotatable bonds is 7. The Morgan fingerprint density at radius 1 is 1.21 bits per heavy atom. The van der Waals surface area contributed by atoms with E-state index in [1.165, 1.54) is 0 Å². The maximum absolute atomic E-state index is 5.31. The molecule has 0 aliphatic rings. The van der Waals surface area contributed by atoms with Crippen molar-refractivity contribution in [3.8, 4) is 0 Å². The normalized spacial score (nSPS) is 14.4. The smallest absolute Gasteiger partial charge is 0.0616 e. The average molecular weight is 202 g/mol. The molecule has 0 fully saturated rings. The van der Waals surface area contributed by atoms with Crippen molar-refractivity contribution in [2.75, 3.05) is 26.3 Å². The summed E-state index contributed by atoms with van der Waals surface area (Å²) >= 11 is 0. The minimum Gasteiger partial charge on any atom is -0.380 e. The molecule has 1 unspecified atom stereocenters. The zero-order chi connectivity index (χ0) is 11.0. The fraction of sp³-hybridized carbons (Fsp3) is 1.00. The Morgan fingerprint density at radius 3 is 2.36 bits per heavy atom. The first-order chi connectivity index (χ1) is 6.45. The van der Waals surface area contributed by atoms with Gasteiger partial charge in [0.1, 0.15) is 0 Å². The fourth-order valence-corrected chi connectivity index (χ4v) is 1.11. The van der Waals surface area contributed by atoms with E-state index in [0.29, 0.717) is 6.04 Å². The highest BCUT2D eigenvalue weighted by Gasteiger charge is 2.07. The molecule has 0 spiro atoms. The lowest BCUT2D eigenvalue weighted by Crippen LogP contribution is -2.42. The molecule has 0 rings (SSSR count). The summed E-state index contributed by atoms with van der Waals surface area (Å²) in [5.74, 6) is 0. The predicted molar refractivity (Wildman–Crippen MR) is 61.7 cm³/mol. The van der Waals surface area contributed by atoms with Crippen molar-refractivity contribution in [3.63, 3.8) is 0 Å². The van der Waals surface area contributed by atoms with E-state index in [1.54, 1.807) is 0 Å². The molecule has 0 amide bonds. The molecule has 2 N–H and O–H groups in total. The van der Waals surface area contributed by atoms with Crippen LogP contribution in [0.5, 0.6) is 0 Å². The van der Waals surface area contributed by atoms with Crippen molar-refractivity contribution < 1.29 is 4.74 Å². The SMILES string of the molecule is CCOCC(C)NCCNC(C)(C)C. The molecule has 0 saturated heterocycles. The van der Waals surface area contributed by atoms with Crippen LogP contribution < -0.4 is 10.6 Å². The van der Waals surface area contributed by atoms with Crippen LogP contribution in [0.25, 0.3) is 0 Å². The van der Waals surface area contributed by atoms with Crippen molar-refractivity contribution in [1.82, 2.24) is 10.6 Å². The van der Waals surface area contributed by atoms with Crippen molar-refractivity contribution in [2.24, 2.45) is 0 Å². The summed E-state index contributed by atoms with van der Waals surface area (Å²) in [4.78, 5) is 0. The molecule has 0 saturated carbocycles. The van der Waals surface area contributed by atoms with Crippen LogP contribution in [0.15, 0.2) is 0 Å². The van der Waals surface area contributed by atoms with E-state index in [2.05, 4.69) is 38.3 Å². The van der Waals surface area contributed by atoms with Crippen LogP contribution in [0.4, 0.5) is 0 Å². The molecule has 3 heteroatoms. The zero-order valence-electron chi connectivity index (χ0n) is 10.3. The number of nitrogens with one attached hydrogen (secondary N) is 2. The van der Waals surface area contributed by atoms with E-state index in [1.807, 2.05) is 6.92 Å². The van der Waals surface area contributed by atoms with Crippen LogP contribution in [-0.4, -0.2) is 37.9 Å². The Labute approximate surface area is 88.6 Å². The summed E-state index contributed by atoms with van der Waals surface area (Å²) in [6.45, 7) is 14.3. The van der Waals surface area contributed by atoms with Crippen molar-refractivity contribution in [3.05, 3.63) is 0 Å². The van der Waals surface area contributed by atoms with Crippen LogP contribution in [0.1, 0.15) is 34.6 Å². The fourth-order valence-electron chi connectivity index (χ4n) is 1.11. The Hall–Kier alpha value is -0.120. The number of ether oxygens (including phenoxy) is 1. The lowest BCUT2D eigenvalue weighted by Gasteiger charge is -2.21. The molecule has 0 radical (unpaired) electrons. The summed E-state index contributed by atoms with van der Waals surface area (Å²) in [5, 5.41) is 6.83. The molecule has 3 nitrogen and oxygen atoms in total. The van der Waals surface area contributed by atoms with Gasteiger partial charge in [-0.25, -0.2) is 0 Å². The Kier molecular flexibility index (Phi) is 7.15. The maximum Gasteiger partial charge on any atom is 0.0616 e. The van der Waals surface area contributed by atoms with Gasteiger partial charge in [-0.05, 0) is 34.6 Å². The summed E-state index contributed by atoms with van der Waals surface area (Å²) in [5.41, 5.74) is 0.213. The van der Waals surface area contributed by atoms with E-state index in [9.17, 15) is 0 Å². The van der Waals surface area contributed by atoms with Gasteiger partial charge in [-0.1, -0.05) is 0 Å². The number of hydrogen-bond acceptors (Lipinski definition) is 3. The largest absolute Gasteiger partial charge is 0.380 e. The first-order valence-corrected chi connectivity index (χ1v) is 5.52. The molecule has 0 aromatic rings. The summed E-state index contributed by atoms with van der Waals surface area (Å²) < 4.78 is 5.31. The van der Waals surface area contributed by atoms with Gasteiger partial charge in [-0.3, -0.25) is 0 Å². The van der Waals surface area contributed by atoms with Gasteiger partial charge in [-0.15, -0.1) is 0 Å². The molecule has 0 bridgehead atoms. The quantitative estimate of drug-likeness (QED) is 0.612. The molecule has 0 aliphatic heterocycles. The minimum absolute atomic E-state index is 0.213. The molecule has 0 aromatic heterocycles. The van der Waals surface area contributed by atoms with E-state index in [-0.39, 0.29) is 5.54 Å². The Morgan fingerprint density at radius 2 is 1.86 bits per heavy atom. The standard InChI is InChI=1S/C11H26N2O/c1-6-14-9-10(2)12-7-8-13-11(3,4)5/h10,12-13H,6-9H2,1-5H3. The number of hydrogen-bond donors (Lipinski definition) is 2. The van der Waals surface area contributed by atoms with E-state index < -0.39 is 0 Å². The Balaban J connectivity index is 3.27. The lowest BCUT2D eigenvalue weighted by molar-refractivity contribution is 0.127. The minimum atomic E-state index is 0.213. The van der Waals surface area contributed by atoms with Crippen LogP contribution >= 0.6 is 0 Å². The first kappa shape index (κ1) is 13.9. The predicted octanol–water partition coefficient (Wildman–Crippen LogP) is 1.39. The zero-order valence-corrected chi connectivity index (χ0v) is 10.3. The van der Waals surface area contributed by atoms with Gasteiger partial charge in [-0.2, -0.15) is 0 Å². The van der Waals surface area contributed by atoms with Gasteiger partial charge >= 0.3 is 0 Å². The molecular formula is C11H26N2O. The summed E-state index contributed by atoms with van der Waals surface area (Å²) in [7, 11) is 0. The van der Waals surface area contributed by atoms with Gasteiger partial charge in [0.15, 0.2) is 0 Å². The highest BCUT2D eigenvalue weighted by molar-refractivity contribution is 4.71. The van der Waals surface area contributed by atoms with Crippen LogP contribution in [0.2, 0.25) is 0 Å². The van der Waals surface area contributed by atoms with Gasteiger partial charge < -0.3 is 15.4 Å². The topological polar surface area (TPSA) is 33.3 Å². The van der Waals surface area contributed by atoms with Crippen molar-refractivity contribution in [1.29, 1.82) is 0 Å². The second-order valence-corrected chi connectivity index (χ2v) is 4.69. The van der Waals surface area contributed by atoms with Gasteiger partial charge in [0.05, 0.1) is 6.61 Å². The van der Waals surface area contributed by atoms with Crippen molar-refractivity contribution >= 4 is 0 Å². The molecule has 86 valence electrons. The Bertz CT molecular complexity index is 132. The second kappa shape index (κ2) is 7.21. The molecule has 1 atom stereocenters. The van der Waals surface area contributed by atoms with Crippen molar-refractivity contribution in [2.45, 2.75) is 46.2 Å². The third-order valence-electron chi connectivity index (χ3n) is 1.85. The maximum atomic E-state index is 5.31. The third kappa shape index (κ3) is 9.96. The van der Waals surface area contributed by atoms with E-state index in [4.69, 9.17) is 4.74 Å². The monoisotopic (exact) mass is 202 g/mol. The second-order valence-electron chi connectivity index (χ2n) is 4.69. The lowest BCUT2D eigenvalue weighted by atomic mass is 10.1. The van der Waals surface area contributed by atoms with E-state index >= 15 is 0 Å². The molecular weight excluding hydrogens is 176 g/mol. The molecule has 0 aromatic carbocycles. The molecule has 0 aliphatic carbocycles. The summed E-state index contributed by atoms with van der Waals surface area (Å²) in [6, 6.07) is 0.441. The van der Waals surface area contributed by atoms with Gasteiger partial charge in [0.2, 0.25) is 0 Å². The van der Waals surface area contributed by atoms with Crippen LogP contribution in [0.3, 0.4) is 0 Å². The average Bonchev–Trinajstić information content (AvgIpc) is 2.07. The molecule has 0 heterocycles. The van der Waals surface area contributed by atoms with E-state index in [0.717, 1.165) is 26.3 Å². The van der Waals surface area contributed by atoms with Gasteiger partial charge in [0.25, 0.3) is 0 Å². The highest BCUT2D eigenvalue weighted by atomic mass is 16.5. The summed E-state index contributed by atoms with van der Waals surface area (Å²) in [6.07, 6.45) is 0. The van der Waals surface area contributed by atoms with Crippen LogP contribution in [0, 0.1) is 0 Å². The van der Waals surface area contributed by atoms with Crippen LogP contribution in [-0.2, 0) is 4.74 Å². The third-order valence-corrected chi connectivity index (χ3v) is 1.85. The molecule has 14 heavy (non-hydrogen) atoms. The van der Waals surface area contributed by atoms with Gasteiger partial charge in [0, 0.05) is 31.3 Å². The first-order valence-electron chi connectivity index (χ1n) is 5.52. The highest BCUT2D eigenvalue weighted by Crippen LogP contribution is 1.96.